The van der Waals surface area contributed by atoms with Crippen molar-refractivity contribution in [3.63, 3.8) is 0 Å². The first-order valence-corrected chi connectivity index (χ1v) is 11.6. The first-order chi connectivity index (χ1) is 17.3. The minimum absolute atomic E-state index is 0.0234. The summed E-state index contributed by atoms with van der Waals surface area (Å²) in [6.45, 7) is 1.73. The molecular weight excluding hydrogens is 521 g/mol. The predicted octanol–water partition coefficient (Wildman–Crippen LogP) is 3.34. The molecule has 2 heterocycles. The number of nitrogens with zero attached hydrogens (tertiary/aromatic N) is 2. The Bertz CT molecular complexity index is 1330. The summed E-state index contributed by atoms with van der Waals surface area (Å²) in [4.78, 5) is 39.2. The van der Waals surface area contributed by atoms with Gasteiger partial charge in [0.25, 0.3) is 23.5 Å². The third-order valence-corrected chi connectivity index (χ3v) is 6.95. The summed E-state index contributed by atoms with van der Waals surface area (Å²) in [6, 6.07) is 1.22. The van der Waals surface area contributed by atoms with E-state index in [1.54, 1.807) is 0 Å². The molecule has 0 spiro atoms. The maximum Gasteiger partial charge on any atom is 0.294 e. The van der Waals surface area contributed by atoms with Crippen molar-refractivity contribution in [3.8, 4) is 0 Å². The Morgan fingerprint density at radius 1 is 1.11 bits per heavy atom. The van der Waals surface area contributed by atoms with Crippen molar-refractivity contribution < 1.29 is 36.3 Å². The van der Waals surface area contributed by atoms with Crippen LogP contribution in [0.4, 0.5) is 27.6 Å². The zero-order valence-corrected chi connectivity index (χ0v) is 20.5. The molecule has 8 nitrogen and oxygen atoms in total. The first kappa shape index (κ1) is 26.6. The van der Waals surface area contributed by atoms with Crippen LogP contribution in [0.25, 0.3) is 0 Å². The number of anilines is 1. The van der Waals surface area contributed by atoms with Crippen LogP contribution in [-0.4, -0.2) is 45.7 Å². The molecule has 0 bridgehead atoms. The highest BCUT2D eigenvalue weighted by Crippen LogP contribution is 2.47. The fourth-order valence-corrected chi connectivity index (χ4v) is 5.18. The van der Waals surface area contributed by atoms with Crippen LogP contribution in [0.1, 0.15) is 51.4 Å². The minimum atomic E-state index is -3.08. The highest BCUT2D eigenvalue weighted by molar-refractivity contribution is 7.97. The number of hydrogen-bond acceptors (Lipinski definition) is 5. The summed E-state index contributed by atoms with van der Waals surface area (Å²) in [5, 5.41) is 8.26. The van der Waals surface area contributed by atoms with E-state index in [9.17, 15) is 36.3 Å². The Kier molecular flexibility index (Phi) is 6.82. The van der Waals surface area contributed by atoms with E-state index in [0.717, 1.165) is 0 Å². The van der Waals surface area contributed by atoms with E-state index in [-0.39, 0.29) is 27.6 Å². The smallest absolute Gasteiger partial charge is 0.294 e. The molecule has 14 heteroatoms. The number of hydrazone groups is 1. The van der Waals surface area contributed by atoms with Gasteiger partial charge < -0.3 is 20.6 Å². The summed E-state index contributed by atoms with van der Waals surface area (Å²) >= 11 is 4.11. The van der Waals surface area contributed by atoms with Crippen molar-refractivity contribution in [2.24, 2.45) is 5.10 Å². The number of alkyl halides is 2. The van der Waals surface area contributed by atoms with Crippen molar-refractivity contribution >= 4 is 41.0 Å². The lowest BCUT2D eigenvalue weighted by Gasteiger charge is -2.46. The Hall–Kier alpha value is -3.42. The van der Waals surface area contributed by atoms with E-state index in [4.69, 9.17) is 0 Å². The summed E-state index contributed by atoms with van der Waals surface area (Å²) < 4.78 is 69.4. The van der Waals surface area contributed by atoms with E-state index < -0.39 is 59.4 Å². The highest BCUT2D eigenvalue weighted by atomic mass is 32.1. The van der Waals surface area contributed by atoms with E-state index in [1.807, 2.05) is 0 Å². The minimum Gasteiger partial charge on any atom is -0.341 e. The molecular formula is C23H22F5N5O3S. The molecule has 0 unspecified atom stereocenters. The van der Waals surface area contributed by atoms with Crippen molar-refractivity contribution in [1.29, 1.82) is 0 Å². The van der Waals surface area contributed by atoms with Gasteiger partial charge in [-0.05, 0) is 25.3 Å². The number of halogens is 5. The lowest BCUT2D eigenvalue weighted by Crippen LogP contribution is -2.66. The second-order valence-electron chi connectivity index (χ2n) is 8.99. The summed E-state index contributed by atoms with van der Waals surface area (Å²) in [5.41, 5.74) is 0.873. The van der Waals surface area contributed by atoms with Crippen molar-refractivity contribution in [1.82, 2.24) is 15.3 Å². The third-order valence-electron chi connectivity index (χ3n) is 6.42. The number of fused-ring (bicyclic) bond motifs is 1. The number of benzene rings is 1. The van der Waals surface area contributed by atoms with Crippen molar-refractivity contribution in [3.05, 3.63) is 52.1 Å². The van der Waals surface area contributed by atoms with Crippen LogP contribution in [0, 0.1) is 24.4 Å². The number of Topliss-reactive ketones (excluding diaryl/α,β-unsaturated/α-hetero) is 1. The zero-order valence-electron chi connectivity index (χ0n) is 19.6. The Balaban J connectivity index is 1.63. The molecule has 37 heavy (non-hydrogen) atoms. The van der Waals surface area contributed by atoms with Crippen LogP contribution in [0.15, 0.2) is 17.2 Å². The topological polar surface area (TPSA) is 105 Å². The molecule has 1 saturated carbocycles. The van der Waals surface area contributed by atoms with Crippen LogP contribution in [-0.2, 0) is 17.8 Å². The molecule has 1 aliphatic heterocycles. The molecule has 2 amide bonds. The Labute approximate surface area is 213 Å². The van der Waals surface area contributed by atoms with Gasteiger partial charge in [0.2, 0.25) is 0 Å². The molecule has 3 N–H and O–H groups in total. The SMILES string of the molecule is CN/N=C(\S)C1(NC(=O)C(=O)c2c(C)c(C(=O)Nc3cc(F)c(F)c(F)c3)c3n2CCC3)CC(F)(F)C1. The first-order valence-electron chi connectivity index (χ1n) is 11.2. The lowest BCUT2D eigenvalue weighted by atomic mass is 9.73. The van der Waals surface area contributed by atoms with Gasteiger partial charge in [0.1, 0.15) is 10.6 Å². The molecule has 198 valence electrons. The van der Waals surface area contributed by atoms with E-state index >= 15 is 0 Å². The maximum atomic E-state index is 13.7. The van der Waals surface area contributed by atoms with Gasteiger partial charge in [-0.1, -0.05) is 0 Å². The summed E-state index contributed by atoms with van der Waals surface area (Å²) in [5.74, 6) is -10.8. The lowest BCUT2D eigenvalue weighted by molar-refractivity contribution is -0.131. The van der Waals surface area contributed by atoms with Gasteiger partial charge >= 0.3 is 0 Å². The van der Waals surface area contributed by atoms with Gasteiger partial charge in [0, 0.05) is 49.9 Å². The summed E-state index contributed by atoms with van der Waals surface area (Å²) in [7, 11) is 1.42. The average molecular weight is 544 g/mol. The largest absolute Gasteiger partial charge is 0.341 e. The average Bonchev–Trinajstić information content (AvgIpc) is 3.34. The molecule has 1 aromatic carbocycles. The zero-order chi connectivity index (χ0) is 27.3. The normalized spacial score (nSPS) is 17.6. The molecule has 4 rings (SSSR count). The number of aromatic nitrogens is 1. The van der Waals surface area contributed by atoms with E-state index in [1.165, 1.54) is 18.5 Å². The fourth-order valence-electron chi connectivity index (χ4n) is 4.86. The number of hydrogen-bond donors (Lipinski definition) is 4. The van der Waals surface area contributed by atoms with E-state index in [2.05, 4.69) is 33.8 Å². The molecule has 1 aromatic heterocycles. The Morgan fingerprint density at radius 2 is 1.73 bits per heavy atom. The van der Waals surface area contributed by atoms with Crippen molar-refractivity contribution in [2.45, 2.75) is 50.6 Å². The molecule has 2 aromatic rings. The second-order valence-corrected chi connectivity index (χ2v) is 9.42. The molecule has 0 saturated heterocycles. The number of carbonyl (C=O) groups excluding carboxylic acids is 3. The fraction of sp³-hybridized carbons (Fsp3) is 0.391. The van der Waals surface area contributed by atoms with Crippen LogP contribution < -0.4 is 16.1 Å². The third kappa shape index (κ3) is 4.69. The molecule has 0 radical (unpaired) electrons. The number of carbonyl (C=O) groups is 3. The van der Waals surface area contributed by atoms with Crippen molar-refractivity contribution in [2.75, 3.05) is 12.4 Å². The number of nitrogens with one attached hydrogen (secondary N) is 3. The molecule has 0 atom stereocenters. The van der Waals surface area contributed by atoms with Crippen LogP contribution in [0.3, 0.4) is 0 Å². The second kappa shape index (κ2) is 9.47. The standard InChI is InChI=1S/C23H22F5N5O3S/c1-10-15(19(35)30-11-6-12(24)16(26)13(25)7-11)14-4-3-5-33(14)17(10)18(34)20(36)31-22(21(37)32-29-2)8-23(27,28)9-22/h6-7,29H,3-5,8-9H2,1-2H3,(H,30,35)(H,31,36)(H,32,37). The number of thiol groups is 1. The Morgan fingerprint density at radius 3 is 2.30 bits per heavy atom. The molecule has 1 aliphatic carbocycles. The van der Waals surface area contributed by atoms with Crippen LogP contribution in [0.2, 0.25) is 0 Å². The van der Waals surface area contributed by atoms with Gasteiger partial charge in [-0.2, -0.15) is 5.10 Å². The van der Waals surface area contributed by atoms with Crippen LogP contribution >= 0.6 is 12.6 Å². The number of amides is 2. The van der Waals surface area contributed by atoms with E-state index in [0.29, 0.717) is 37.2 Å². The van der Waals surface area contributed by atoms with Gasteiger partial charge in [-0.3, -0.25) is 14.4 Å². The van der Waals surface area contributed by atoms with Gasteiger partial charge in [-0.15, -0.1) is 12.6 Å². The van der Waals surface area contributed by atoms with Gasteiger partial charge in [0.05, 0.1) is 11.3 Å². The maximum absolute atomic E-state index is 13.7. The monoisotopic (exact) mass is 543 g/mol. The van der Waals surface area contributed by atoms with Crippen LogP contribution in [0.5, 0.6) is 0 Å². The number of rotatable bonds is 7. The number of ketones is 1. The predicted molar refractivity (Wildman–Crippen MR) is 127 cm³/mol. The van der Waals surface area contributed by atoms with Gasteiger partial charge in [0.15, 0.2) is 17.5 Å². The molecule has 1 fully saturated rings. The molecule has 2 aliphatic rings. The summed E-state index contributed by atoms with van der Waals surface area (Å²) in [6.07, 6.45) is -0.681. The highest BCUT2D eigenvalue weighted by Gasteiger charge is 2.60. The quantitative estimate of drug-likeness (QED) is 0.0629. The van der Waals surface area contributed by atoms with Gasteiger partial charge in [-0.25, -0.2) is 22.0 Å².